The van der Waals surface area contributed by atoms with Crippen LogP contribution < -0.4 is 0 Å². The molecule has 0 heterocycles. The van der Waals surface area contributed by atoms with E-state index in [9.17, 15) is 9.90 Å². The van der Waals surface area contributed by atoms with Gasteiger partial charge in [0.25, 0.3) is 0 Å². The van der Waals surface area contributed by atoms with E-state index in [4.69, 9.17) is 5.11 Å². The highest BCUT2D eigenvalue weighted by molar-refractivity contribution is 5.67. The maximum absolute atomic E-state index is 10.5. The first-order chi connectivity index (χ1) is 7.30. The topological polar surface area (TPSA) is 57.5 Å². The molecule has 0 aliphatic carbocycles. The fraction of sp³-hybridized carbons (Fsp3) is 0.462. The third-order valence-electron chi connectivity index (χ3n) is 2.55. The number of carboxylic acids is 1. The lowest BCUT2D eigenvalue weighted by molar-refractivity contribution is -0.136. The summed E-state index contributed by atoms with van der Waals surface area (Å²) in [5, 5.41) is 18.2. The molecule has 1 aromatic rings. The van der Waals surface area contributed by atoms with E-state index in [1.807, 2.05) is 12.1 Å². The van der Waals surface area contributed by atoms with E-state index < -0.39 is 5.97 Å². The molecule has 0 saturated heterocycles. The number of rotatable bonds is 3. The standard InChI is InChI=1S/C13H18O3/c1-13(2,3)10-5-6-11(14)9(8-10)4-7-12(15)16/h5-6,8,14H,4,7H2,1-3H3,(H,15,16). The minimum absolute atomic E-state index is 0.00563. The molecule has 0 aliphatic rings. The Morgan fingerprint density at radius 1 is 1.31 bits per heavy atom. The maximum Gasteiger partial charge on any atom is 0.303 e. The molecule has 0 bridgehead atoms. The van der Waals surface area contributed by atoms with Gasteiger partial charge in [0.1, 0.15) is 5.75 Å². The lowest BCUT2D eigenvalue weighted by atomic mass is 9.85. The molecule has 0 aromatic heterocycles. The molecule has 0 spiro atoms. The van der Waals surface area contributed by atoms with E-state index in [1.165, 1.54) is 0 Å². The molecule has 0 aliphatic heterocycles. The summed E-state index contributed by atoms with van der Waals surface area (Å²) in [5.41, 5.74) is 1.81. The van der Waals surface area contributed by atoms with E-state index in [2.05, 4.69) is 20.8 Å². The molecule has 0 amide bonds. The number of phenolic OH excluding ortho intramolecular Hbond substituents is 1. The first kappa shape index (κ1) is 12.6. The van der Waals surface area contributed by atoms with Crippen molar-refractivity contribution in [1.29, 1.82) is 0 Å². The quantitative estimate of drug-likeness (QED) is 0.826. The number of aromatic hydroxyl groups is 1. The second-order valence-electron chi connectivity index (χ2n) is 4.99. The highest BCUT2D eigenvalue weighted by atomic mass is 16.4. The number of aryl methyl sites for hydroxylation is 1. The Morgan fingerprint density at radius 3 is 2.44 bits per heavy atom. The van der Waals surface area contributed by atoms with Gasteiger partial charge in [-0.25, -0.2) is 0 Å². The van der Waals surface area contributed by atoms with E-state index in [1.54, 1.807) is 6.07 Å². The van der Waals surface area contributed by atoms with Gasteiger partial charge >= 0.3 is 5.97 Å². The van der Waals surface area contributed by atoms with Crippen molar-refractivity contribution >= 4 is 5.97 Å². The lowest BCUT2D eigenvalue weighted by Crippen LogP contribution is -2.11. The van der Waals surface area contributed by atoms with Crippen molar-refractivity contribution in [2.75, 3.05) is 0 Å². The molecule has 3 heteroatoms. The van der Waals surface area contributed by atoms with Crippen LogP contribution in [0.3, 0.4) is 0 Å². The summed E-state index contributed by atoms with van der Waals surface area (Å²) in [7, 11) is 0. The highest BCUT2D eigenvalue weighted by Gasteiger charge is 2.15. The van der Waals surface area contributed by atoms with E-state index in [0.717, 1.165) is 5.56 Å². The molecule has 1 rings (SSSR count). The number of phenols is 1. The Kier molecular flexibility index (Phi) is 3.58. The molecular weight excluding hydrogens is 204 g/mol. The minimum Gasteiger partial charge on any atom is -0.508 e. The molecular formula is C13H18O3. The van der Waals surface area contributed by atoms with Gasteiger partial charge in [0.05, 0.1) is 0 Å². The highest BCUT2D eigenvalue weighted by Crippen LogP contribution is 2.27. The van der Waals surface area contributed by atoms with E-state index in [0.29, 0.717) is 12.0 Å². The lowest BCUT2D eigenvalue weighted by Gasteiger charge is -2.20. The van der Waals surface area contributed by atoms with Crippen molar-refractivity contribution < 1.29 is 15.0 Å². The van der Waals surface area contributed by atoms with Gasteiger partial charge in [-0.05, 0) is 29.0 Å². The van der Waals surface area contributed by atoms with Gasteiger partial charge < -0.3 is 10.2 Å². The second kappa shape index (κ2) is 4.56. The van der Waals surface area contributed by atoms with Crippen LogP contribution in [0.2, 0.25) is 0 Å². The van der Waals surface area contributed by atoms with Gasteiger partial charge in [-0.3, -0.25) is 4.79 Å². The molecule has 0 fully saturated rings. The van der Waals surface area contributed by atoms with Crippen molar-refractivity contribution in [3.8, 4) is 5.75 Å². The van der Waals surface area contributed by atoms with Crippen LogP contribution in [-0.4, -0.2) is 16.2 Å². The SMILES string of the molecule is CC(C)(C)c1ccc(O)c(CCC(=O)O)c1. The summed E-state index contributed by atoms with van der Waals surface area (Å²) < 4.78 is 0. The van der Waals surface area contributed by atoms with Crippen LogP contribution in [0.15, 0.2) is 18.2 Å². The third-order valence-corrected chi connectivity index (χ3v) is 2.55. The molecule has 88 valence electrons. The average molecular weight is 222 g/mol. The van der Waals surface area contributed by atoms with Crippen molar-refractivity contribution in [2.45, 2.75) is 39.0 Å². The number of hydrogen-bond acceptors (Lipinski definition) is 2. The summed E-state index contributed by atoms with van der Waals surface area (Å²) in [5.74, 6) is -0.671. The smallest absolute Gasteiger partial charge is 0.303 e. The van der Waals surface area contributed by atoms with Crippen molar-refractivity contribution in [3.05, 3.63) is 29.3 Å². The van der Waals surface area contributed by atoms with Crippen LogP contribution in [0.5, 0.6) is 5.75 Å². The summed E-state index contributed by atoms with van der Waals surface area (Å²) >= 11 is 0. The Bertz CT molecular complexity index is 389. The molecule has 1 aromatic carbocycles. The fourth-order valence-corrected chi connectivity index (χ4v) is 1.49. The van der Waals surface area contributed by atoms with Gasteiger partial charge in [-0.15, -0.1) is 0 Å². The number of hydrogen-bond donors (Lipinski definition) is 2. The first-order valence-electron chi connectivity index (χ1n) is 5.35. The zero-order chi connectivity index (χ0) is 12.3. The number of benzene rings is 1. The molecule has 0 unspecified atom stereocenters. The third kappa shape index (κ3) is 3.26. The average Bonchev–Trinajstić information content (AvgIpc) is 2.14. The van der Waals surface area contributed by atoms with Gasteiger partial charge in [-0.2, -0.15) is 0 Å². The summed E-state index contributed by atoms with van der Waals surface area (Å²) in [6.07, 6.45) is 0.409. The summed E-state index contributed by atoms with van der Waals surface area (Å²) in [4.78, 5) is 10.5. The number of carboxylic acid groups (broad SMARTS) is 1. The normalized spacial score (nSPS) is 11.4. The predicted octanol–water partition coefficient (Wildman–Crippen LogP) is 2.71. The van der Waals surface area contributed by atoms with Crippen LogP contribution in [0.25, 0.3) is 0 Å². The van der Waals surface area contributed by atoms with Gasteiger partial charge in [0, 0.05) is 6.42 Å². The Balaban J connectivity index is 2.95. The van der Waals surface area contributed by atoms with Crippen LogP contribution in [-0.2, 0) is 16.6 Å². The van der Waals surface area contributed by atoms with Crippen molar-refractivity contribution in [2.24, 2.45) is 0 Å². The fourth-order valence-electron chi connectivity index (χ4n) is 1.49. The Morgan fingerprint density at radius 2 is 1.94 bits per heavy atom. The minimum atomic E-state index is -0.847. The molecule has 2 N–H and O–H groups in total. The van der Waals surface area contributed by atoms with Crippen LogP contribution in [0.4, 0.5) is 0 Å². The van der Waals surface area contributed by atoms with Crippen molar-refractivity contribution in [1.82, 2.24) is 0 Å². The van der Waals surface area contributed by atoms with Crippen LogP contribution in [0, 0.1) is 0 Å². The number of aliphatic carboxylic acids is 1. The largest absolute Gasteiger partial charge is 0.508 e. The van der Waals surface area contributed by atoms with E-state index >= 15 is 0 Å². The van der Waals surface area contributed by atoms with E-state index in [-0.39, 0.29) is 17.6 Å². The Labute approximate surface area is 95.7 Å². The predicted molar refractivity (Wildman–Crippen MR) is 62.8 cm³/mol. The number of carbonyl (C=O) groups is 1. The van der Waals surface area contributed by atoms with Gasteiger partial charge in [0.15, 0.2) is 0 Å². The van der Waals surface area contributed by atoms with Crippen LogP contribution in [0.1, 0.15) is 38.3 Å². The zero-order valence-corrected chi connectivity index (χ0v) is 9.95. The molecule has 0 atom stereocenters. The molecule has 3 nitrogen and oxygen atoms in total. The molecule has 0 saturated carbocycles. The monoisotopic (exact) mass is 222 g/mol. The molecule has 16 heavy (non-hydrogen) atoms. The maximum atomic E-state index is 10.5. The van der Waals surface area contributed by atoms with Gasteiger partial charge in [0.2, 0.25) is 0 Å². The first-order valence-corrected chi connectivity index (χ1v) is 5.35. The zero-order valence-electron chi connectivity index (χ0n) is 9.95. The molecule has 0 radical (unpaired) electrons. The summed E-state index contributed by atoms with van der Waals surface area (Å²) in [6.45, 7) is 6.25. The van der Waals surface area contributed by atoms with Crippen LogP contribution >= 0.6 is 0 Å². The van der Waals surface area contributed by atoms with Crippen molar-refractivity contribution in [3.63, 3.8) is 0 Å². The second-order valence-corrected chi connectivity index (χ2v) is 4.99. The van der Waals surface area contributed by atoms with Gasteiger partial charge in [-0.1, -0.05) is 32.9 Å². The summed E-state index contributed by atoms with van der Waals surface area (Å²) in [6, 6.07) is 5.40. The Hall–Kier alpha value is -1.51.